The zero-order chi connectivity index (χ0) is 12.4. The molecular weight excluding hydrogens is 232 g/mol. The maximum Gasteiger partial charge on any atom is 0.417 e. The van der Waals surface area contributed by atoms with Crippen LogP contribution in [0.3, 0.4) is 0 Å². The van der Waals surface area contributed by atoms with Gasteiger partial charge in [-0.2, -0.15) is 4.98 Å². The number of nitrogens with zero attached hydrogens (tertiary/aromatic N) is 2. The van der Waals surface area contributed by atoms with Gasteiger partial charge in [0.25, 0.3) is 0 Å². The van der Waals surface area contributed by atoms with E-state index in [4.69, 9.17) is 13.7 Å². The van der Waals surface area contributed by atoms with Crippen LogP contribution in [0.5, 0.6) is 6.08 Å². The minimum Gasteiger partial charge on any atom is -0.464 e. The molecule has 1 aromatic carbocycles. The van der Waals surface area contributed by atoms with Gasteiger partial charge < -0.3 is 9.15 Å². The van der Waals surface area contributed by atoms with Crippen LogP contribution in [0.25, 0.3) is 22.7 Å². The molecule has 0 saturated heterocycles. The van der Waals surface area contributed by atoms with Crippen LogP contribution in [0.4, 0.5) is 0 Å². The summed E-state index contributed by atoms with van der Waals surface area (Å²) in [5, 5.41) is 3.84. The summed E-state index contributed by atoms with van der Waals surface area (Å²) in [5.41, 5.74) is 1.80. The van der Waals surface area contributed by atoms with Gasteiger partial charge in [0.1, 0.15) is 5.76 Å². The van der Waals surface area contributed by atoms with Crippen LogP contribution in [0, 0.1) is 0 Å². The van der Waals surface area contributed by atoms with Crippen LogP contribution >= 0.6 is 0 Å². The molecule has 0 amide bonds. The lowest BCUT2D eigenvalue weighted by molar-refractivity contribution is 0.250. The predicted molar refractivity (Wildman–Crippen MR) is 64.0 cm³/mol. The third-order valence-electron chi connectivity index (χ3n) is 2.51. The average molecular weight is 242 g/mol. The zero-order valence-electron chi connectivity index (χ0n) is 9.66. The molecule has 0 fully saturated rings. The Morgan fingerprint density at radius 3 is 2.72 bits per heavy atom. The molecule has 0 aliphatic heterocycles. The molecule has 90 valence electrons. The van der Waals surface area contributed by atoms with E-state index in [2.05, 4.69) is 10.1 Å². The summed E-state index contributed by atoms with van der Waals surface area (Å²) in [5.74, 6) is 1.28. The summed E-state index contributed by atoms with van der Waals surface area (Å²) < 4.78 is 15.1. The van der Waals surface area contributed by atoms with Gasteiger partial charge in [0.15, 0.2) is 0 Å². The van der Waals surface area contributed by atoms with Gasteiger partial charge >= 0.3 is 6.08 Å². The molecule has 0 atom stereocenters. The number of aromatic nitrogens is 2. The maximum atomic E-state index is 5.35. The first-order valence-electron chi connectivity index (χ1n) is 5.39. The van der Waals surface area contributed by atoms with Gasteiger partial charge in [-0.25, -0.2) is 0 Å². The monoisotopic (exact) mass is 242 g/mol. The molecule has 5 nitrogen and oxygen atoms in total. The Morgan fingerprint density at radius 2 is 2.00 bits per heavy atom. The van der Waals surface area contributed by atoms with Crippen LogP contribution in [-0.2, 0) is 0 Å². The van der Waals surface area contributed by atoms with Gasteiger partial charge in [-0.05, 0) is 18.2 Å². The first-order chi connectivity index (χ1) is 8.86. The van der Waals surface area contributed by atoms with Gasteiger partial charge in [-0.1, -0.05) is 23.4 Å². The summed E-state index contributed by atoms with van der Waals surface area (Å²) in [6.07, 6.45) is 1.78. The minimum absolute atomic E-state index is 0.147. The zero-order valence-corrected chi connectivity index (χ0v) is 9.66. The highest BCUT2D eigenvalue weighted by molar-refractivity contribution is 5.66. The quantitative estimate of drug-likeness (QED) is 0.706. The van der Waals surface area contributed by atoms with Crippen molar-refractivity contribution in [3.63, 3.8) is 0 Å². The fourth-order valence-corrected chi connectivity index (χ4v) is 1.66. The molecule has 0 saturated carbocycles. The van der Waals surface area contributed by atoms with E-state index in [1.807, 2.05) is 36.4 Å². The third kappa shape index (κ3) is 1.86. The average Bonchev–Trinajstić information content (AvgIpc) is 3.10. The molecule has 2 heterocycles. The van der Waals surface area contributed by atoms with Gasteiger partial charge in [0.05, 0.1) is 13.4 Å². The van der Waals surface area contributed by atoms with Crippen LogP contribution < -0.4 is 4.74 Å². The normalized spacial score (nSPS) is 10.5. The van der Waals surface area contributed by atoms with Crippen molar-refractivity contribution in [1.29, 1.82) is 0 Å². The lowest BCUT2D eigenvalue weighted by Gasteiger charge is -1.98. The molecule has 0 aliphatic rings. The predicted octanol–water partition coefficient (Wildman–Crippen LogP) is 3.01. The highest BCUT2D eigenvalue weighted by Gasteiger charge is 2.10. The van der Waals surface area contributed by atoms with Crippen molar-refractivity contribution in [2.24, 2.45) is 0 Å². The van der Waals surface area contributed by atoms with Crippen molar-refractivity contribution in [3.8, 4) is 28.8 Å². The minimum atomic E-state index is 0.147. The van der Waals surface area contributed by atoms with Crippen LogP contribution in [0.1, 0.15) is 0 Å². The van der Waals surface area contributed by atoms with Crippen molar-refractivity contribution in [1.82, 2.24) is 10.1 Å². The van der Waals surface area contributed by atoms with Crippen LogP contribution in [-0.4, -0.2) is 17.3 Å². The number of methoxy groups -OCH3 is 1. The van der Waals surface area contributed by atoms with E-state index in [1.165, 1.54) is 7.11 Å². The van der Waals surface area contributed by atoms with Crippen LogP contribution in [0.15, 0.2) is 51.6 Å². The van der Waals surface area contributed by atoms with Crippen LogP contribution in [0.2, 0.25) is 0 Å². The number of ether oxygens (including phenoxy) is 1. The Bertz CT molecular complexity index is 644. The Kier molecular flexibility index (Phi) is 2.57. The molecule has 2 aromatic heterocycles. The molecule has 0 radical (unpaired) electrons. The summed E-state index contributed by atoms with van der Waals surface area (Å²) in [6, 6.07) is 11.4. The van der Waals surface area contributed by atoms with Gasteiger partial charge in [-0.15, -0.1) is 0 Å². The van der Waals surface area contributed by atoms with E-state index in [9.17, 15) is 0 Å². The van der Waals surface area contributed by atoms with E-state index in [1.54, 1.807) is 6.26 Å². The highest BCUT2D eigenvalue weighted by Crippen LogP contribution is 2.25. The second-order valence-corrected chi connectivity index (χ2v) is 3.65. The van der Waals surface area contributed by atoms with Crippen molar-refractivity contribution in [3.05, 3.63) is 42.7 Å². The molecule has 18 heavy (non-hydrogen) atoms. The second-order valence-electron chi connectivity index (χ2n) is 3.65. The molecule has 3 rings (SSSR count). The molecular formula is C13H10N2O3. The smallest absolute Gasteiger partial charge is 0.417 e. The number of hydrogen-bond donors (Lipinski definition) is 0. The molecule has 3 aromatic rings. The number of hydrogen-bond acceptors (Lipinski definition) is 5. The fourth-order valence-electron chi connectivity index (χ4n) is 1.66. The topological polar surface area (TPSA) is 61.3 Å². The Morgan fingerprint density at radius 1 is 1.11 bits per heavy atom. The number of furan rings is 1. The highest BCUT2D eigenvalue weighted by atomic mass is 16.6. The Balaban J connectivity index is 2.00. The van der Waals surface area contributed by atoms with Crippen molar-refractivity contribution in [2.45, 2.75) is 0 Å². The summed E-state index contributed by atoms with van der Waals surface area (Å²) in [7, 11) is 1.48. The Labute approximate surface area is 103 Å². The molecule has 0 N–H and O–H groups in total. The van der Waals surface area contributed by atoms with Crippen molar-refractivity contribution >= 4 is 0 Å². The SMILES string of the molecule is COc1nc(-c2cccc(-c3ccco3)c2)no1. The lowest BCUT2D eigenvalue weighted by Crippen LogP contribution is -1.83. The first kappa shape index (κ1) is 10.6. The van der Waals surface area contributed by atoms with E-state index in [0.717, 1.165) is 16.9 Å². The van der Waals surface area contributed by atoms with E-state index in [0.29, 0.717) is 5.82 Å². The molecule has 0 spiro atoms. The summed E-state index contributed by atoms with van der Waals surface area (Å²) in [4.78, 5) is 4.09. The number of benzene rings is 1. The van der Waals surface area contributed by atoms with Gasteiger partial charge in [-0.3, -0.25) is 4.52 Å². The lowest BCUT2D eigenvalue weighted by atomic mass is 10.1. The van der Waals surface area contributed by atoms with E-state index in [-0.39, 0.29) is 6.08 Å². The van der Waals surface area contributed by atoms with Gasteiger partial charge in [0.2, 0.25) is 5.82 Å². The van der Waals surface area contributed by atoms with Gasteiger partial charge in [0, 0.05) is 11.1 Å². The van der Waals surface area contributed by atoms with E-state index >= 15 is 0 Å². The third-order valence-corrected chi connectivity index (χ3v) is 2.51. The largest absolute Gasteiger partial charge is 0.464 e. The Hall–Kier alpha value is -2.56. The standard InChI is InChI=1S/C13H10N2O3/c1-16-13-14-12(15-18-13)10-5-2-4-9(8-10)11-6-3-7-17-11/h2-8H,1H3. The second kappa shape index (κ2) is 4.37. The molecule has 0 unspecified atom stereocenters. The maximum absolute atomic E-state index is 5.35. The summed E-state index contributed by atoms with van der Waals surface area (Å²) in [6.45, 7) is 0. The molecule has 5 heteroatoms. The van der Waals surface area contributed by atoms with Crippen molar-refractivity contribution in [2.75, 3.05) is 7.11 Å². The van der Waals surface area contributed by atoms with Crippen molar-refractivity contribution < 1.29 is 13.7 Å². The fraction of sp³-hybridized carbons (Fsp3) is 0.0769. The summed E-state index contributed by atoms with van der Waals surface area (Å²) >= 11 is 0. The molecule has 0 aliphatic carbocycles. The van der Waals surface area contributed by atoms with E-state index < -0.39 is 0 Å². The molecule has 0 bridgehead atoms. The first-order valence-corrected chi connectivity index (χ1v) is 5.39. The number of rotatable bonds is 3.